The Balaban J connectivity index is 1.52. The van der Waals surface area contributed by atoms with Crippen molar-refractivity contribution in [3.05, 3.63) is 34.4 Å². The smallest absolute Gasteiger partial charge is 0.333 e. The third-order valence-corrected chi connectivity index (χ3v) is 11.6. The molecular weight excluding hydrogens is 544 g/mol. The lowest BCUT2D eigenvalue weighted by Crippen LogP contribution is -2.70. The van der Waals surface area contributed by atoms with Crippen LogP contribution < -0.4 is 0 Å². The Morgan fingerprint density at radius 2 is 1.88 bits per heavy atom. The number of rotatable bonds is 5. The van der Waals surface area contributed by atoms with E-state index >= 15 is 0 Å². The second-order valence-electron chi connectivity index (χ2n) is 14.0. The first kappa shape index (κ1) is 29.5. The molecule has 0 aromatic carbocycles. The van der Waals surface area contributed by atoms with E-state index in [0.717, 1.165) is 16.7 Å². The highest BCUT2D eigenvalue weighted by molar-refractivity contribution is 5.86. The molecule has 2 saturated carbocycles. The molecule has 0 spiro atoms. The number of fused-ring (bicyclic) bond motifs is 4. The van der Waals surface area contributed by atoms with Crippen LogP contribution >= 0.6 is 0 Å². The molecule has 3 aliphatic heterocycles. The first-order chi connectivity index (χ1) is 19.7. The number of aliphatic hydroxyl groups excluding tert-OH is 2. The topological polar surface area (TPSA) is 138 Å². The summed E-state index contributed by atoms with van der Waals surface area (Å²) < 4.78 is 29.8. The number of aliphatic hydroxyl groups is 2. The van der Waals surface area contributed by atoms with E-state index < -0.39 is 64.8 Å². The lowest BCUT2D eigenvalue weighted by molar-refractivity contribution is -0.248. The van der Waals surface area contributed by atoms with E-state index in [9.17, 15) is 24.6 Å². The Morgan fingerprint density at radius 1 is 1.17 bits per heavy atom. The van der Waals surface area contributed by atoms with Crippen LogP contribution in [0.1, 0.15) is 60.8 Å². The van der Waals surface area contributed by atoms with Crippen LogP contribution in [0.15, 0.2) is 34.4 Å². The maximum atomic E-state index is 13.2. The summed E-state index contributed by atoms with van der Waals surface area (Å²) in [5.74, 6) is -2.38. The molecule has 12 atom stereocenters. The van der Waals surface area contributed by atoms with Crippen molar-refractivity contribution in [2.24, 2.45) is 34.0 Å². The molecule has 6 aliphatic rings. The van der Waals surface area contributed by atoms with Crippen molar-refractivity contribution < 1.29 is 48.3 Å². The largest absolute Gasteiger partial charge is 0.469 e. The number of cyclic esters (lactones) is 1. The minimum atomic E-state index is -1.31. The fraction of sp³-hybridized carbons (Fsp3) is 0.719. The fourth-order valence-electron chi connectivity index (χ4n) is 9.95. The van der Waals surface area contributed by atoms with E-state index in [4.69, 9.17) is 23.7 Å². The average Bonchev–Trinajstić information content (AvgIpc) is 3.61. The van der Waals surface area contributed by atoms with Gasteiger partial charge in [0.05, 0.1) is 38.1 Å². The molecule has 2 saturated heterocycles. The summed E-state index contributed by atoms with van der Waals surface area (Å²) >= 11 is 0. The highest BCUT2D eigenvalue weighted by Gasteiger charge is 2.78. The summed E-state index contributed by atoms with van der Waals surface area (Å²) in [6.45, 7) is 12.2. The maximum Gasteiger partial charge on any atom is 0.333 e. The van der Waals surface area contributed by atoms with Crippen LogP contribution in [-0.4, -0.2) is 78.6 Å². The van der Waals surface area contributed by atoms with Gasteiger partial charge in [0.2, 0.25) is 6.29 Å². The van der Waals surface area contributed by atoms with Crippen LogP contribution in [0.25, 0.3) is 0 Å². The normalized spacial score (nSPS) is 46.8. The molecule has 0 bridgehead atoms. The maximum absolute atomic E-state index is 13.2. The summed E-state index contributed by atoms with van der Waals surface area (Å²) in [4.78, 5) is 38.2. The number of allylic oxidation sites excluding steroid dienone is 2. The van der Waals surface area contributed by atoms with Crippen molar-refractivity contribution in [1.29, 1.82) is 0 Å². The van der Waals surface area contributed by atoms with Gasteiger partial charge in [-0.3, -0.25) is 4.79 Å². The summed E-state index contributed by atoms with van der Waals surface area (Å²) in [7, 11) is 1.37. The highest BCUT2D eigenvalue weighted by Crippen LogP contribution is 2.73. The molecule has 42 heavy (non-hydrogen) atoms. The number of carbonyl (C=O) groups is 3. The molecule has 0 amide bonds. The van der Waals surface area contributed by atoms with E-state index in [0.29, 0.717) is 18.6 Å². The van der Waals surface area contributed by atoms with Crippen molar-refractivity contribution in [1.82, 2.24) is 0 Å². The van der Waals surface area contributed by atoms with E-state index in [1.807, 2.05) is 27.7 Å². The molecule has 3 heterocycles. The minimum Gasteiger partial charge on any atom is -0.469 e. The third kappa shape index (κ3) is 3.87. The third-order valence-electron chi connectivity index (χ3n) is 11.6. The van der Waals surface area contributed by atoms with Gasteiger partial charge in [-0.15, -0.1) is 0 Å². The van der Waals surface area contributed by atoms with Gasteiger partial charge >= 0.3 is 17.9 Å². The molecular formula is C32H42O10. The van der Waals surface area contributed by atoms with Crippen molar-refractivity contribution in [2.45, 2.75) is 97.6 Å². The van der Waals surface area contributed by atoms with Gasteiger partial charge in [0.25, 0.3) is 0 Å². The second-order valence-corrected chi connectivity index (χ2v) is 14.0. The zero-order chi connectivity index (χ0) is 30.5. The number of hydrogen-bond donors (Lipinski definition) is 2. The molecule has 0 radical (unpaired) electrons. The van der Waals surface area contributed by atoms with Gasteiger partial charge in [-0.25, -0.2) is 9.59 Å². The van der Waals surface area contributed by atoms with Gasteiger partial charge in [-0.2, -0.15) is 0 Å². The van der Waals surface area contributed by atoms with Gasteiger partial charge in [-0.1, -0.05) is 31.9 Å². The highest BCUT2D eigenvalue weighted by atomic mass is 16.6. The van der Waals surface area contributed by atoms with E-state index in [2.05, 4.69) is 13.8 Å². The van der Waals surface area contributed by atoms with E-state index in [-0.39, 0.29) is 36.8 Å². The van der Waals surface area contributed by atoms with Gasteiger partial charge in [-0.05, 0) is 38.7 Å². The van der Waals surface area contributed by atoms with E-state index in [1.54, 1.807) is 0 Å². The molecule has 3 aliphatic carbocycles. The Kier molecular flexibility index (Phi) is 6.85. The molecule has 12 unspecified atom stereocenters. The van der Waals surface area contributed by atoms with Crippen LogP contribution in [0, 0.1) is 34.0 Å². The predicted octanol–water partition coefficient (Wildman–Crippen LogP) is 2.76. The van der Waals surface area contributed by atoms with Gasteiger partial charge < -0.3 is 33.9 Å². The summed E-state index contributed by atoms with van der Waals surface area (Å²) in [6.07, 6.45) is -0.376. The van der Waals surface area contributed by atoms with Crippen LogP contribution in [0.4, 0.5) is 0 Å². The first-order valence-electron chi connectivity index (χ1n) is 14.9. The minimum absolute atomic E-state index is 0.0521. The van der Waals surface area contributed by atoms with Gasteiger partial charge in [0, 0.05) is 58.6 Å². The van der Waals surface area contributed by atoms with Crippen molar-refractivity contribution >= 4 is 17.9 Å². The SMILES string of the molecule is COC(=O)CC1C2(C)C3=C(C)C(C4=CC(=O)OC4O)CC3OC2C2OCC3(C)C(O)CC(OC(=O)C=C(C)C)C1(C)C23. The molecule has 230 valence electrons. The van der Waals surface area contributed by atoms with Crippen LogP contribution in [0.2, 0.25) is 0 Å². The van der Waals surface area contributed by atoms with Crippen LogP contribution in [0.5, 0.6) is 0 Å². The lowest BCUT2D eigenvalue weighted by Gasteiger charge is -2.65. The Labute approximate surface area is 246 Å². The average molecular weight is 587 g/mol. The summed E-state index contributed by atoms with van der Waals surface area (Å²) in [5, 5.41) is 22.0. The fourth-order valence-corrected chi connectivity index (χ4v) is 9.95. The van der Waals surface area contributed by atoms with Crippen molar-refractivity contribution in [2.75, 3.05) is 13.7 Å². The molecule has 10 nitrogen and oxygen atoms in total. The number of hydrogen-bond acceptors (Lipinski definition) is 10. The van der Waals surface area contributed by atoms with Gasteiger partial charge in [0.1, 0.15) is 6.10 Å². The molecule has 0 aromatic heterocycles. The van der Waals surface area contributed by atoms with Crippen LogP contribution in [-0.2, 0) is 38.1 Å². The van der Waals surface area contributed by atoms with E-state index in [1.165, 1.54) is 19.3 Å². The molecule has 0 aromatic rings. The van der Waals surface area contributed by atoms with Gasteiger partial charge in [0.15, 0.2) is 0 Å². The Bertz CT molecular complexity index is 1310. The Hall–Kier alpha value is -2.53. The predicted molar refractivity (Wildman–Crippen MR) is 147 cm³/mol. The number of ether oxygens (including phenoxy) is 5. The zero-order valence-corrected chi connectivity index (χ0v) is 25.3. The quantitative estimate of drug-likeness (QED) is 0.214. The lowest BCUT2D eigenvalue weighted by atomic mass is 9.40. The number of carbonyl (C=O) groups excluding carboxylic acids is 3. The number of methoxy groups -OCH3 is 1. The molecule has 2 N–H and O–H groups in total. The standard InChI is InChI=1S/C32H42O10/c1-14(2)8-23(35)41-21-12-20(33)30(4)13-39-26-27(30)31(21,5)19(11-22(34)38-7)32(6)25-15(3)16(9-18(25)40-28(26)32)17-10-24(36)42-29(17)37/h8,10,16,18-21,26-29,33,37H,9,11-13H2,1-7H3. The Morgan fingerprint density at radius 3 is 2.50 bits per heavy atom. The second kappa shape index (κ2) is 9.74. The number of esters is 3. The monoisotopic (exact) mass is 586 g/mol. The summed E-state index contributed by atoms with van der Waals surface area (Å²) in [5.41, 5.74) is 1.12. The van der Waals surface area contributed by atoms with Crippen molar-refractivity contribution in [3.8, 4) is 0 Å². The summed E-state index contributed by atoms with van der Waals surface area (Å²) in [6, 6.07) is 0. The molecule has 10 heteroatoms. The molecule has 6 rings (SSSR count). The van der Waals surface area contributed by atoms with Crippen LogP contribution in [0.3, 0.4) is 0 Å². The zero-order valence-electron chi connectivity index (χ0n) is 25.3. The van der Waals surface area contributed by atoms with Crippen molar-refractivity contribution in [3.63, 3.8) is 0 Å². The first-order valence-corrected chi connectivity index (χ1v) is 14.9. The molecule has 4 fully saturated rings.